The fraction of sp³-hybridized carbons (Fsp3) is 0.952. The minimum absolute atomic E-state index is 0.0633. The molecule has 0 heterocycles. The molecule has 9 atom stereocenters. The van der Waals surface area contributed by atoms with Gasteiger partial charge in [-0.3, -0.25) is 4.79 Å². The highest BCUT2D eigenvalue weighted by Crippen LogP contribution is 2.65. The molecule has 24 heavy (non-hydrogen) atoms. The molecule has 0 aliphatic heterocycles. The summed E-state index contributed by atoms with van der Waals surface area (Å²) in [5.41, 5.74) is -0.590. The van der Waals surface area contributed by atoms with Crippen LogP contribution in [0.5, 0.6) is 0 Å². The van der Waals surface area contributed by atoms with Gasteiger partial charge in [-0.2, -0.15) is 0 Å². The molecule has 4 aliphatic rings. The number of hydrogen-bond acceptors (Lipinski definition) is 2. The van der Waals surface area contributed by atoms with Gasteiger partial charge in [0.1, 0.15) is 12.0 Å². The lowest BCUT2D eigenvalue weighted by Crippen LogP contribution is -2.51. The average molecular weight is 336 g/mol. The largest absolute Gasteiger partial charge is 0.390 e. The molecule has 0 radical (unpaired) electrons. The Morgan fingerprint density at radius 1 is 1.04 bits per heavy atom. The summed E-state index contributed by atoms with van der Waals surface area (Å²) in [6, 6.07) is 0. The smallest absolute Gasteiger partial charge is 0.136 e. The van der Waals surface area contributed by atoms with Crippen molar-refractivity contribution in [2.75, 3.05) is 0 Å². The lowest BCUT2D eigenvalue weighted by Gasteiger charge is -2.56. The molecular formula is C21H33FO2. The van der Waals surface area contributed by atoms with Gasteiger partial charge in [0.05, 0.1) is 11.5 Å². The van der Waals surface area contributed by atoms with Crippen LogP contribution in [0.1, 0.15) is 72.1 Å². The Hall–Kier alpha value is -0.440. The zero-order chi connectivity index (χ0) is 17.3. The molecule has 4 aliphatic carbocycles. The summed E-state index contributed by atoms with van der Waals surface area (Å²) in [7, 11) is 0. The van der Waals surface area contributed by atoms with Gasteiger partial charge in [0, 0.05) is 0 Å². The first-order valence-electron chi connectivity index (χ1n) is 10.1. The Morgan fingerprint density at radius 2 is 1.75 bits per heavy atom. The molecule has 136 valence electrons. The van der Waals surface area contributed by atoms with Gasteiger partial charge >= 0.3 is 0 Å². The number of aliphatic hydroxyl groups is 1. The number of carbonyl (C=O) groups excluding carboxylic acids is 1. The fourth-order valence-electron chi connectivity index (χ4n) is 7.77. The SMILES string of the molecule is CC(=O)C1C(F)CC2C3CC[C@@H]4C[C@](C)(O)CC[C@@H]4C3CC[C@@]21C. The van der Waals surface area contributed by atoms with Crippen LogP contribution in [0.4, 0.5) is 4.39 Å². The number of hydrogen-bond donors (Lipinski definition) is 1. The molecule has 0 aromatic rings. The first-order valence-corrected chi connectivity index (χ1v) is 10.1. The molecule has 0 aromatic heterocycles. The quantitative estimate of drug-likeness (QED) is 0.763. The second-order valence-corrected chi connectivity index (χ2v) is 10.1. The van der Waals surface area contributed by atoms with Crippen molar-refractivity contribution in [2.24, 2.45) is 40.9 Å². The van der Waals surface area contributed by atoms with E-state index in [0.29, 0.717) is 30.1 Å². The molecule has 0 aromatic carbocycles. The van der Waals surface area contributed by atoms with E-state index in [1.54, 1.807) is 6.92 Å². The molecule has 4 fully saturated rings. The maximum absolute atomic E-state index is 14.7. The van der Waals surface area contributed by atoms with Crippen molar-refractivity contribution in [3.8, 4) is 0 Å². The Morgan fingerprint density at radius 3 is 2.46 bits per heavy atom. The van der Waals surface area contributed by atoms with E-state index in [1.165, 1.54) is 12.8 Å². The summed E-state index contributed by atoms with van der Waals surface area (Å²) in [5, 5.41) is 10.4. The van der Waals surface area contributed by atoms with Crippen molar-refractivity contribution >= 4 is 5.78 Å². The third-order valence-electron chi connectivity index (χ3n) is 8.66. The molecule has 2 nitrogen and oxygen atoms in total. The number of rotatable bonds is 1. The van der Waals surface area contributed by atoms with Crippen molar-refractivity contribution in [1.29, 1.82) is 0 Å². The van der Waals surface area contributed by atoms with Crippen LogP contribution < -0.4 is 0 Å². The lowest BCUT2D eigenvalue weighted by atomic mass is 9.49. The second-order valence-electron chi connectivity index (χ2n) is 10.1. The van der Waals surface area contributed by atoms with E-state index in [9.17, 15) is 14.3 Å². The monoisotopic (exact) mass is 336 g/mol. The molecule has 0 saturated heterocycles. The summed E-state index contributed by atoms with van der Waals surface area (Å²) in [6.45, 7) is 5.80. The van der Waals surface area contributed by atoms with Crippen LogP contribution >= 0.6 is 0 Å². The molecule has 0 amide bonds. The zero-order valence-corrected chi connectivity index (χ0v) is 15.4. The predicted molar refractivity (Wildman–Crippen MR) is 92.2 cm³/mol. The highest BCUT2D eigenvalue weighted by Gasteiger charge is 2.61. The topological polar surface area (TPSA) is 37.3 Å². The highest BCUT2D eigenvalue weighted by atomic mass is 19.1. The van der Waals surface area contributed by atoms with Crippen LogP contribution in [-0.4, -0.2) is 22.7 Å². The maximum Gasteiger partial charge on any atom is 0.136 e. The molecular weight excluding hydrogens is 303 g/mol. The van der Waals surface area contributed by atoms with Crippen LogP contribution in [0, 0.1) is 40.9 Å². The Kier molecular flexibility index (Phi) is 3.91. The Labute approximate surface area is 145 Å². The van der Waals surface area contributed by atoms with Crippen LogP contribution in [0.2, 0.25) is 0 Å². The van der Waals surface area contributed by atoms with Crippen molar-refractivity contribution < 1.29 is 14.3 Å². The number of alkyl halides is 1. The summed E-state index contributed by atoms with van der Waals surface area (Å²) in [4.78, 5) is 12.1. The number of fused-ring (bicyclic) bond motifs is 5. The van der Waals surface area contributed by atoms with Gasteiger partial charge in [0.15, 0.2) is 0 Å². The van der Waals surface area contributed by atoms with Gasteiger partial charge in [0.25, 0.3) is 0 Å². The number of carbonyl (C=O) groups is 1. The van der Waals surface area contributed by atoms with Crippen LogP contribution in [0.3, 0.4) is 0 Å². The first kappa shape index (κ1) is 17.0. The average Bonchev–Trinajstić information content (AvgIpc) is 2.76. The highest BCUT2D eigenvalue weighted by molar-refractivity contribution is 5.80. The summed E-state index contributed by atoms with van der Waals surface area (Å²) in [6.07, 6.45) is 7.23. The normalized spacial score (nSPS) is 57.0. The third kappa shape index (κ3) is 2.40. The number of ketones is 1. The van der Waals surface area contributed by atoms with E-state index in [2.05, 4.69) is 6.92 Å². The van der Waals surface area contributed by atoms with Crippen molar-refractivity contribution in [1.82, 2.24) is 0 Å². The molecule has 0 spiro atoms. The van der Waals surface area contributed by atoms with Gasteiger partial charge in [-0.25, -0.2) is 4.39 Å². The van der Waals surface area contributed by atoms with E-state index >= 15 is 0 Å². The molecule has 0 bridgehead atoms. The van der Waals surface area contributed by atoms with E-state index < -0.39 is 11.8 Å². The second kappa shape index (κ2) is 5.53. The van der Waals surface area contributed by atoms with Crippen molar-refractivity contribution in [3.05, 3.63) is 0 Å². The van der Waals surface area contributed by atoms with Crippen LogP contribution in [0.15, 0.2) is 0 Å². The van der Waals surface area contributed by atoms with Gasteiger partial charge < -0.3 is 5.11 Å². The third-order valence-corrected chi connectivity index (χ3v) is 8.66. The molecule has 5 unspecified atom stereocenters. The van der Waals surface area contributed by atoms with Crippen LogP contribution in [0.25, 0.3) is 0 Å². The molecule has 4 rings (SSSR count). The standard InChI is InChI=1S/C21H33FO2/c1-12(23)19-18(22)10-17-16-5-4-13-11-20(2,24)8-6-14(13)15(16)7-9-21(17,19)3/h13-19,24H,4-11H2,1-3H3/t13-,14+,15?,16?,17?,18?,19?,20-,21+/m1/s1. The van der Waals surface area contributed by atoms with Gasteiger partial charge in [0.2, 0.25) is 0 Å². The molecule has 4 saturated carbocycles. The van der Waals surface area contributed by atoms with Crippen molar-refractivity contribution in [2.45, 2.75) is 83.9 Å². The van der Waals surface area contributed by atoms with Crippen molar-refractivity contribution in [3.63, 3.8) is 0 Å². The van der Waals surface area contributed by atoms with Crippen LogP contribution in [-0.2, 0) is 4.79 Å². The van der Waals surface area contributed by atoms with E-state index in [1.807, 2.05) is 6.92 Å². The lowest BCUT2D eigenvalue weighted by molar-refractivity contribution is -0.131. The zero-order valence-electron chi connectivity index (χ0n) is 15.4. The Balaban J connectivity index is 1.58. The van der Waals surface area contributed by atoms with E-state index in [0.717, 1.165) is 38.0 Å². The number of halogens is 1. The first-order chi connectivity index (χ1) is 11.2. The fourth-order valence-corrected chi connectivity index (χ4v) is 7.77. The predicted octanol–water partition coefficient (Wildman–Crippen LogP) is 4.54. The number of Topliss-reactive ketones (excluding diaryl/α,β-unsaturated/α-hetero) is 1. The minimum atomic E-state index is -0.930. The van der Waals surface area contributed by atoms with Gasteiger partial charge in [-0.1, -0.05) is 6.92 Å². The summed E-state index contributed by atoms with van der Waals surface area (Å²) < 4.78 is 14.7. The van der Waals surface area contributed by atoms with Gasteiger partial charge in [-0.05, 0) is 100 Å². The summed E-state index contributed by atoms with van der Waals surface area (Å²) in [5.74, 6) is 2.78. The molecule has 1 N–H and O–H groups in total. The van der Waals surface area contributed by atoms with E-state index in [-0.39, 0.29) is 17.1 Å². The molecule has 3 heteroatoms. The minimum Gasteiger partial charge on any atom is -0.390 e. The van der Waals surface area contributed by atoms with Gasteiger partial charge in [-0.15, -0.1) is 0 Å². The van der Waals surface area contributed by atoms with E-state index in [4.69, 9.17) is 0 Å². The summed E-state index contributed by atoms with van der Waals surface area (Å²) >= 11 is 0. The maximum atomic E-state index is 14.7. The Bertz CT molecular complexity index is 530.